The van der Waals surface area contributed by atoms with Crippen molar-refractivity contribution in [3.8, 4) is 16.8 Å². The smallest absolute Gasteiger partial charge is 0.282 e. The molecule has 1 aliphatic heterocycles. The number of hydrogen-bond acceptors (Lipinski definition) is 7. The van der Waals surface area contributed by atoms with Gasteiger partial charge in [0.15, 0.2) is 26.4 Å². The maximum Gasteiger partial charge on any atom is 0.282 e. The molecule has 0 radical (unpaired) electrons. The number of sulfone groups is 1. The zero-order valence-electron chi connectivity index (χ0n) is 27.9. The summed E-state index contributed by atoms with van der Waals surface area (Å²) in [6, 6.07) is 6.17. The van der Waals surface area contributed by atoms with Crippen molar-refractivity contribution in [3.05, 3.63) is 87.1 Å². The summed E-state index contributed by atoms with van der Waals surface area (Å²) in [5.41, 5.74) is 1.92. The molecule has 1 aliphatic rings. The number of nitrogens with one attached hydrogen (secondary N) is 1. The molecule has 0 aliphatic carbocycles. The Hall–Kier alpha value is -4.62. The van der Waals surface area contributed by atoms with Gasteiger partial charge in [-0.15, -0.1) is 0 Å². The fourth-order valence-corrected chi connectivity index (χ4v) is 8.16. The molecule has 10 nitrogen and oxygen atoms in total. The van der Waals surface area contributed by atoms with Gasteiger partial charge in [0.05, 0.1) is 39.3 Å². The molecule has 0 spiro atoms. The molecule has 0 bridgehead atoms. The van der Waals surface area contributed by atoms with Gasteiger partial charge < -0.3 is 9.80 Å². The summed E-state index contributed by atoms with van der Waals surface area (Å²) < 4.78 is 60.2. The summed E-state index contributed by atoms with van der Waals surface area (Å²) in [6.45, 7) is 12.1. The van der Waals surface area contributed by atoms with Crippen LogP contribution in [0.2, 0.25) is 5.02 Å². The normalized spacial score (nSPS) is 15.5. The Labute approximate surface area is 286 Å². The third-order valence-electron chi connectivity index (χ3n) is 9.10. The van der Waals surface area contributed by atoms with Crippen molar-refractivity contribution in [1.82, 2.24) is 24.6 Å². The molecule has 1 atom stereocenters. The standard InChI is InChI=1S/C35H35ClF2N6O4S/c1-17(2)29-30(19(4)10-11-39-29)44-31-22(14-24(36)27(28(31)38)26-18(3)8-9-25-23(26)15-40-41-25)32(33(35(44)46)49(7,47)48)43-13-12-42(16-20(43)5)34(45)21(6)37/h8-11,14-15,17,20H,6,12-13,16H2,1-5,7H3,(H,40,41)/t20-/m0/s1. The van der Waals surface area contributed by atoms with Crippen LogP contribution < -0.4 is 10.5 Å². The van der Waals surface area contributed by atoms with Crippen molar-refractivity contribution >= 4 is 54.8 Å². The van der Waals surface area contributed by atoms with Gasteiger partial charge in [-0.1, -0.05) is 38.1 Å². The number of carbonyl (C=O) groups excluding carboxylic acids is 1. The van der Waals surface area contributed by atoms with Crippen molar-refractivity contribution in [2.75, 3.05) is 30.8 Å². The first-order valence-corrected chi connectivity index (χ1v) is 17.9. The van der Waals surface area contributed by atoms with Crippen LogP contribution in [0.5, 0.6) is 0 Å². The first kappa shape index (κ1) is 34.3. The highest BCUT2D eigenvalue weighted by Gasteiger charge is 2.37. The number of rotatable bonds is 6. The minimum atomic E-state index is -4.29. The predicted octanol–water partition coefficient (Wildman–Crippen LogP) is 6.39. The van der Waals surface area contributed by atoms with Crippen LogP contribution in [0.1, 0.15) is 43.5 Å². The third-order valence-corrected chi connectivity index (χ3v) is 10.5. The number of hydrogen-bond donors (Lipinski definition) is 1. The number of pyridine rings is 2. The number of halogens is 3. The van der Waals surface area contributed by atoms with Gasteiger partial charge in [-0.05, 0) is 56.0 Å². The largest absolute Gasteiger partial charge is 0.363 e. The molecule has 1 N–H and O–H groups in total. The fraction of sp³-hybridized carbons (Fsp3) is 0.314. The van der Waals surface area contributed by atoms with Gasteiger partial charge >= 0.3 is 0 Å². The van der Waals surface area contributed by atoms with Crippen LogP contribution in [0.4, 0.5) is 14.5 Å². The average molecular weight is 709 g/mol. The lowest BCUT2D eigenvalue weighted by molar-refractivity contribution is -0.129. The van der Waals surface area contributed by atoms with Crippen LogP contribution >= 0.6 is 11.6 Å². The lowest BCUT2D eigenvalue weighted by Crippen LogP contribution is -2.54. The summed E-state index contributed by atoms with van der Waals surface area (Å²) in [5.74, 6) is -3.08. The zero-order chi connectivity index (χ0) is 35.7. The molecule has 0 saturated carbocycles. The molecular formula is C35H35ClF2N6O4S. The summed E-state index contributed by atoms with van der Waals surface area (Å²) in [4.78, 5) is 34.3. The lowest BCUT2D eigenvalue weighted by atomic mass is 9.94. The number of amides is 1. The number of carbonyl (C=O) groups is 1. The second-order valence-corrected chi connectivity index (χ2v) is 15.2. The van der Waals surface area contributed by atoms with Crippen molar-refractivity contribution in [1.29, 1.82) is 0 Å². The van der Waals surface area contributed by atoms with Crippen LogP contribution in [0.3, 0.4) is 0 Å². The number of aromatic amines is 1. The van der Waals surface area contributed by atoms with Crippen molar-refractivity contribution in [2.45, 2.75) is 51.5 Å². The van der Waals surface area contributed by atoms with E-state index in [0.717, 1.165) is 10.8 Å². The highest BCUT2D eigenvalue weighted by Crippen LogP contribution is 2.45. The first-order chi connectivity index (χ1) is 23.0. The Morgan fingerprint density at radius 3 is 2.45 bits per heavy atom. The number of fused-ring (bicyclic) bond motifs is 2. The second-order valence-electron chi connectivity index (χ2n) is 12.8. The molecule has 5 aromatic rings. The van der Waals surface area contributed by atoms with Gasteiger partial charge in [0.1, 0.15) is 0 Å². The molecule has 2 aromatic carbocycles. The molecule has 4 heterocycles. The van der Waals surface area contributed by atoms with E-state index >= 15 is 4.39 Å². The Balaban J connectivity index is 1.81. The number of benzene rings is 2. The number of anilines is 1. The van der Waals surface area contributed by atoms with Crippen molar-refractivity contribution in [2.24, 2.45) is 0 Å². The van der Waals surface area contributed by atoms with Crippen LogP contribution in [0.25, 0.3) is 38.6 Å². The monoisotopic (exact) mass is 708 g/mol. The number of aromatic nitrogens is 4. The van der Waals surface area contributed by atoms with E-state index in [-0.39, 0.29) is 58.4 Å². The highest BCUT2D eigenvalue weighted by molar-refractivity contribution is 7.90. The Bertz CT molecular complexity index is 2390. The van der Waals surface area contributed by atoms with E-state index in [1.807, 2.05) is 26.8 Å². The summed E-state index contributed by atoms with van der Waals surface area (Å²) >= 11 is 7.00. The third kappa shape index (κ3) is 5.58. The fourth-order valence-electron chi connectivity index (χ4n) is 6.89. The Morgan fingerprint density at radius 1 is 1.10 bits per heavy atom. The lowest BCUT2D eigenvalue weighted by Gasteiger charge is -2.42. The number of nitrogens with zero attached hydrogens (tertiary/aromatic N) is 5. The molecule has 49 heavy (non-hydrogen) atoms. The molecular weight excluding hydrogens is 674 g/mol. The van der Waals surface area contributed by atoms with Crippen molar-refractivity contribution < 1.29 is 22.0 Å². The van der Waals surface area contributed by atoms with Gasteiger partial charge in [-0.25, -0.2) is 17.2 Å². The second kappa shape index (κ2) is 12.4. The minimum Gasteiger partial charge on any atom is -0.363 e. The molecule has 0 unspecified atom stereocenters. The molecule has 1 saturated heterocycles. The SMILES string of the molecule is C=C(F)C(=O)N1CCN(c2c(S(C)(=O)=O)c(=O)n(-c3c(C)ccnc3C(C)C)c3c(F)c(-c4c(C)ccc5[nH]ncc45)c(Cl)cc23)[C@@H](C)C1. The van der Waals surface area contributed by atoms with Gasteiger partial charge in [-0.3, -0.25) is 24.2 Å². The topological polar surface area (TPSA) is 121 Å². The number of piperazine rings is 1. The van der Waals surface area contributed by atoms with Gasteiger partial charge in [0, 0.05) is 60.0 Å². The van der Waals surface area contributed by atoms with E-state index < -0.39 is 43.9 Å². The van der Waals surface area contributed by atoms with E-state index in [1.54, 1.807) is 43.3 Å². The van der Waals surface area contributed by atoms with E-state index in [1.165, 1.54) is 11.0 Å². The highest BCUT2D eigenvalue weighted by atomic mass is 35.5. The van der Waals surface area contributed by atoms with Gasteiger partial charge in [0.25, 0.3) is 11.5 Å². The van der Waals surface area contributed by atoms with E-state index in [0.29, 0.717) is 33.3 Å². The average Bonchev–Trinajstić information content (AvgIpc) is 3.50. The first-order valence-electron chi connectivity index (χ1n) is 15.6. The maximum atomic E-state index is 17.8. The summed E-state index contributed by atoms with van der Waals surface area (Å²) in [7, 11) is -4.29. The van der Waals surface area contributed by atoms with E-state index in [9.17, 15) is 22.4 Å². The minimum absolute atomic E-state index is 0.00488. The zero-order valence-corrected chi connectivity index (χ0v) is 29.4. The Kier molecular flexibility index (Phi) is 8.64. The molecule has 1 fully saturated rings. The summed E-state index contributed by atoms with van der Waals surface area (Å²) in [5, 5.41) is 7.69. The van der Waals surface area contributed by atoms with E-state index in [2.05, 4.69) is 21.8 Å². The molecule has 3 aromatic heterocycles. The summed E-state index contributed by atoms with van der Waals surface area (Å²) in [6.07, 6.45) is 4.08. The molecule has 14 heteroatoms. The number of H-pyrrole nitrogens is 1. The molecule has 6 rings (SSSR count). The predicted molar refractivity (Wildman–Crippen MR) is 188 cm³/mol. The molecule has 1 amide bonds. The van der Waals surface area contributed by atoms with Crippen LogP contribution in [-0.4, -0.2) is 70.9 Å². The van der Waals surface area contributed by atoms with E-state index in [4.69, 9.17) is 11.6 Å². The van der Waals surface area contributed by atoms with Crippen molar-refractivity contribution in [3.63, 3.8) is 0 Å². The Morgan fingerprint density at radius 2 is 1.82 bits per heavy atom. The molecule has 256 valence electrons. The van der Waals surface area contributed by atoms with Crippen LogP contribution in [0.15, 0.2) is 58.8 Å². The maximum absolute atomic E-state index is 17.8. The van der Waals surface area contributed by atoms with Gasteiger partial charge in [-0.2, -0.15) is 5.10 Å². The van der Waals surface area contributed by atoms with Crippen LogP contribution in [-0.2, 0) is 14.6 Å². The number of aryl methyl sites for hydroxylation is 2. The van der Waals surface area contributed by atoms with Gasteiger partial charge in [0.2, 0.25) is 0 Å². The quantitative estimate of drug-likeness (QED) is 0.203. The van der Waals surface area contributed by atoms with Crippen LogP contribution in [0, 0.1) is 19.7 Å².